The normalized spacial score (nSPS) is 20.4. The summed E-state index contributed by atoms with van der Waals surface area (Å²) in [5, 5.41) is 14.0. The van der Waals surface area contributed by atoms with E-state index < -0.39 is 0 Å². The maximum atomic E-state index is 11.1. The van der Waals surface area contributed by atoms with Gasteiger partial charge in [-0.05, 0) is 20.0 Å². The molecular weight excluding hydrogens is 246 g/mol. The van der Waals surface area contributed by atoms with Crippen molar-refractivity contribution >= 4 is 17.3 Å². The fraction of sp³-hybridized carbons (Fsp3) is 0.583. The van der Waals surface area contributed by atoms with Gasteiger partial charge in [-0.15, -0.1) is 0 Å². The highest BCUT2D eigenvalue weighted by Gasteiger charge is 2.27. The molecule has 7 heteroatoms. The molecule has 0 aliphatic carbocycles. The quantitative estimate of drug-likeness (QED) is 0.653. The molecule has 0 bridgehead atoms. The minimum absolute atomic E-state index is 0.0655. The van der Waals surface area contributed by atoms with E-state index in [4.69, 9.17) is 0 Å². The summed E-state index contributed by atoms with van der Waals surface area (Å²) < 4.78 is 0. The van der Waals surface area contributed by atoms with Crippen molar-refractivity contribution < 1.29 is 4.92 Å². The van der Waals surface area contributed by atoms with E-state index in [2.05, 4.69) is 29.2 Å². The van der Waals surface area contributed by atoms with Gasteiger partial charge in [0.05, 0.1) is 4.92 Å². The molecule has 1 fully saturated rings. The number of nitrogens with zero attached hydrogens (tertiary/aromatic N) is 4. The topological polar surface area (TPSA) is 74.5 Å². The van der Waals surface area contributed by atoms with Crippen LogP contribution in [0, 0.1) is 10.1 Å². The maximum Gasteiger partial charge on any atom is 0.311 e. The van der Waals surface area contributed by atoms with Crippen molar-refractivity contribution in [3.63, 3.8) is 0 Å². The number of nitro groups is 1. The molecule has 1 N–H and O–H groups in total. The number of hydrogen-bond acceptors (Lipinski definition) is 6. The molecule has 104 valence electrons. The Morgan fingerprint density at radius 3 is 2.79 bits per heavy atom. The van der Waals surface area contributed by atoms with Gasteiger partial charge in [0.25, 0.3) is 0 Å². The molecule has 1 aliphatic heterocycles. The molecule has 1 aromatic rings. The second-order valence-electron chi connectivity index (χ2n) is 4.82. The number of likely N-dealkylation sites (N-methyl/N-ethyl adjacent to an activating group) is 1. The van der Waals surface area contributed by atoms with Crippen LogP contribution in [0.3, 0.4) is 0 Å². The fourth-order valence-electron chi connectivity index (χ4n) is 2.20. The average molecular weight is 265 g/mol. The number of anilines is 2. The lowest BCUT2D eigenvalue weighted by Gasteiger charge is -2.38. The summed E-state index contributed by atoms with van der Waals surface area (Å²) in [5.74, 6) is 1.10. The second kappa shape index (κ2) is 5.40. The van der Waals surface area contributed by atoms with Gasteiger partial charge in [0.2, 0.25) is 5.82 Å². The van der Waals surface area contributed by atoms with Gasteiger partial charge in [-0.2, -0.15) is 0 Å². The van der Waals surface area contributed by atoms with Gasteiger partial charge in [0, 0.05) is 38.8 Å². The number of rotatable bonds is 3. The van der Waals surface area contributed by atoms with E-state index >= 15 is 0 Å². The van der Waals surface area contributed by atoms with E-state index in [0.29, 0.717) is 17.7 Å². The standard InChI is InChI=1S/C12H19N5O2/c1-9-8-16(7-6-15(9)3)12-10(17(18)19)4-5-11(13-2)14-12/h4-5,9H,6-8H2,1-3H3,(H,13,14). The Bertz CT molecular complexity index is 479. The van der Waals surface area contributed by atoms with Crippen LogP contribution in [0.1, 0.15) is 6.92 Å². The zero-order chi connectivity index (χ0) is 14.0. The van der Waals surface area contributed by atoms with Gasteiger partial charge in [0.1, 0.15) is 5.82 Å². The van der Waals surface area contributed by atoms with Crippen molar-refractivity contribution in [1.29, 1.82) is 0 Å². The van der Waals surface area contributed by atoms with E-state index in [-0.39, 0.29) is 10.6 Å². The Kier molecular flexibility index (Phi) is 3.84. The van der Waals surface area contributed by atoms with E-state index in [0.717, 1.165) is 19.6 Å². The van der Waals surface area contributed by atoms with Crippen molar-refractivity contribution in [1.82, 2.24) is 9.88 Å². The number of aromatic nitrogens is 1. The number of piperazine rings is 1. The van der Waals surface area contributed by atoms with Crippen molar-refractivity contribution in [2.45, 2.75) is 13.0 Å². The average Bonchev–Trinajstić information content (AvgIpc) is 2.41. The smallest absolute Gasteiger partial charge is 0.311 e. The minimum atomic E-state index is -0.370. The highest BCUT2D eigenvalue weighted by molar-refractivity contribution is 5.62. The predicted octanol–water partition coefficient (Wildman–Crippen LogP) is 1.17. The van der Waals surface area contributed by atoms with Crippen LogP contribution in [-0.4, -0.2) is 54.6 Å². The first-order chi connectivity index (χ1) is 9.02. The second-order valence-corrected chi connectivity index (χ2v) is 4.82. The van der Waals surface area contributed by atoms with Gasteiger partial charge in [-0.25, -0.2) is 4.98 Å². The van der Waals surface area contributed by atoms with Crippen LogP contribution in [0.4, 0.5) is 17.3 Å². The molecule has 0 amide bonds. The van der Waals surface area contributed by atoms with Crippen LogP contribution in [0.2, 0.25) is 0 Å². The SMILES string of the molecule is CNc1ccc([N+](=O)[O-])c(N2CCN(C)C(C)C2)n1. The van der Waals surface area contributed by atoms with Crippen molar-refractivity contribution in [3.05, 3.63) is 22.2 Å². The third-order valence-electron chi connectivity index (χ3n) is 3.57. The zero-order valence-electron chi connectivity index (χ0n) is 11.5. The molecule has 1 aromatic heterocycles. The maximum absolute atomic E-state index is 11.1. The van der Waals surface area contributed by atoms with Gasteiger partial charge in [-0.1, -0.05) is 0 Å². The summed E-state index contributed by atoms with van der Waals surface area (Å²) in [7, 11) is 3.82. The summed E-state index contributed by atoms with van der Waals surface area (Å²) in [5.41, 5.74) is 0.0655. The van der Waals surface area contributed by atoms with Gasteiger partial charge in [0.15, 0.2) is 0 Å². The summed E-state index contributed by atoms with van der Waals surface area (Å²) >= 11 is 0. The molecule has 7 nitrogen and oxygen atoms in total. The summed E-state index contributed by atoms with van der Waals surface area (Å²) in [6.07, 6.45) is 0. The first-order valence-electron chi connectivity index (χ1n) is 6.31. The third-order valence-corrected chi connectivity index (χ3v) is 3.57. The van der Waals surface area contributed by atoms with Crippen LogP contribution in [0.5, 0.6) is 0 Å². The third kappa shape index (κ3) is 2.76. The van der Waals surface area contributed by atoms with E-state index in [1.54, 1.807) is 13.1 Å². The van der Waals surface area contributed by atoms with Gasteiger partial charge in [-0.3, -0.25) is 10.1 Å². The molecule has 2 heterocycles. The van der Waals surface area contributed by atoms with Crippen molar-refractivity contribution in [2.75, 3.05) is 43.9 Å². The van der Waals surface area contributed by atoms with Crippen LogP contribution >= 0.6 is 0 Å². The van der Waals surface area contributed by atoms with Crippen LogP contribution in [0.15, 0.2) is 12.1 Å². The zero-order valence-corrected chi connectivity index (χ0v) is 11.5. The Hall–Kier alpha value is -1.89. The molecule has 1 unspecified atom stereocenters. The summed E-state index contributed by atoms with van der Waals surface area (Å²) in [6.45, 7) is 4.49. The Balaban J connectivity index is 2.34. The van der Waals surface area contributed by atoms with E-state index in [1.807, 2.05) is 4.90 Å². The molecular formula is C12H19N5O2. The molecule has 19 heavy (non-hydrogen) atoms. The fourth-order valence-corrected chi connectivity index (χ4v) is 2.20. The first-order valence-corrected chi connectivity index (χ1v) is 6.31. The van der Waals surface area contributed by atoms with Crippen molar-refractivity contribution in [3.8, 4) is 0 Å². The monoisotopic (exact) mass is 265 g/mol. The lowest BCUT2D eigenvalue weighted by atomic mass is 10.2. The van der Waals surface area contributed by atoms with Gasteiger partial charge >= 0.3 is 5.69 Å². The molecule has 2 rings (SSSR count). The van der Waals surface area contributed by atoms with Gasteiger partial charge < -0.3 is 15.1 Å². The minimum Gasteiger partial charge on any atom is -0.373 e. The molecule has 1 saturated heterocycles. The van der Waals surface area contributed by atoms with Crippen LogP contribution in [-0.2, 0) is 0 Å². The largest absolute Gasteiger partial charge is 0.373 e. The molecule has 0 spiro atoms. The Labute approximate surface area is 112 Å². The number of pyridine rings is 1. The summed E-state index contributed by atoms with van der Waals surface area (Å²) in [4.78, 5) is 19.3. The lowest BCUT2D eigenvalue weighted by Crippen LogP contribution is -2.50. The summed E-state index contributed by atoms with van der Waals surface area (Å²) in [6, 6.07) is 3.49. The number of nitrogens with one attached hydrogen (secondary N) is 1. The Morgan fingerprint density at radius 1 is 1.47 bits per heavy atom. The van der Waals surface area contributed by atoms with E-state index in [9.17, 15) is 10.1 Å². The predicted molar refractivity (Wildman–Crippen MR) is 74.7 cm³/mol. The highest BCUT2D eigenvalue weighted by Crippen LogP contribution is 2.29. The Morgan fingerprint density at radius 2 is 2.21 bits per heavy atom. The molecule has 1 atom stereocenters. The molecule has 0 saturated carbocycles. The first kappa shape index (κ1) is 13.5. The molecule has 1 aliphatic rings. The van der Waals surface area contributed by atoms with Crippen LogP contribution in [0.25, 0.3) is 0 Å². The lowest BCUT2D eigenvalue weighted by molar-refractivity contribution is -0.384. The number of hydrogen-bond donors (Lipinski definition) is 1. The molecule has 0 radical (unpaired) electrons. The highest BCUT2D eigenvalue weighted by atomic mass is 16.6. The van der Waals surface area contributed by atoms with Crippen molar-refractivity contribution in [2.24, 2.45) is 0 Å². The molecule has 0 aromatic carbocycles. The van der Waals surface area contributed by atoms with E-state index in [1.165, 1.54) is 6.07 Å². The van der Waals surface area contributed by atoms with Crippen LogP contribution < -0.4 is 10.2 Å².